The summed E-state index contributed by atoms with van der Waals surface area (Å²) in [7, 11) is 1.72. The lowest BCUT2D eigenvalue weighted by molar-refractivity contribution is -0.114. The molecule has 9 heteroatoms. The van der Waals surface area contributed by atoms with Crippen molar-refractivity contribution in [2.75, 3.05) is 32.3 Å². The van der Waals surface area contributed by atoms with Gasteiger partial charge >= 0.3 is 0 Å². The minimum atomic E-state index is -0.115. The summed E-state index contributed by atoms with van der Waals surface area (Å²) >= 11 is 0. The first kappa shape index (κ1) is 22.6. The lowest BCUT2D eigenvalue weighted by Gasteiger charge is -2.13. The molecule has 0 saturated heterocycles. The van der Waals surface area contributed by atoms with Crippen molar-refractivity contribution in [1.29, 1.82) is 0 Å². The van der Waals surface area contributed by atoms with Crippen LogP contribution in [0.5, 0.6) is 17.2 Å². The van der Waals surface area contributed by atoms with Crippen LogP contribution in [0.2, 0.25) is 0 Å². The minimum absolute atomic E-state index is 0. The van der Waals surface area contributed by atoms with Gasteiger partial charge in [-0.1, -0.05) is 12.1 Å². The molecule has 3 rings (SSSR count). The highest BCUT2D eigenvalue weighted by Gasteiger charge is 2.13. The second-order valence-corrected chi connectivity index (χ2v) is 6.10. The van der Waals surface area contributed by atoms with Crippen LogP contribution >= 0.6 is 24.0 Å². The number of aliphatic imine (C=N–C) groups is 1. The molecule has 1 heterocycles. The van der Waals surface area contributed by atoms with E-state index in [2.05, 4.69) is 20.9 Å². The van der Waals surface area contributed by atoms with Gasteiger partial charge in [0.15, 0.2) is 17.5 Å². The molecule has 0 aromatic heterocycles. The molecule has 0 saturated carbocycles. The Morgan fingerprint density at radius 1 is 1.14 bits per heavy atom. The summed E-state index contributed by atoms with van der Waals surface area (Å²) in [5, 5.41) is 9.17. The topological polar surface area (TPSA) is 93.2 Å². The number of hydrogen-bond donors (Lipinski definition) is 3. The number of nitrogens with one attached hydrogen (secondary N) is 3. The predicted octanol–water partition coefficient (Wildman–Crippen LogP) is 2.74. The summed E-state index contributed by atoms with van der Waals surface area (Å²) in [4.78, 5) is 15.3. The van der Waals surface area contributed by atoms with Crippen LogP contribution in [0.1, 0.15) is 12.5 Å². The van der Waals surface area contributed by atoms with Crippen LogP contribution in [0.15, 0.2) is 47.5 Å². The van der Waals surface area contributed by atoms with Gasteiger partial charge in [0.05, 0.1) is 6.54 Å². The van der Waals surface area contributed by atoms with E-state index >= 15 is 0 Å². The van der Waals surface area contributed by atoms with Crippen molar-refractivity contribution in [2.24, 2.45) is 4.99 Å². The number of ether oxygens (including phenoxy) is 3. The zero-order valence-corrected chi connectivity index (χ0v) is 18.7. The first-order valence-electron chi connectivity index (χ1n) is 8.97. The molecule has 1 aliphatic heterocycles. The van der Waals surface area contributed by atoms with E-state index in [0.29, 0.717) is 37.1 Å². The fourth-order valence-electron chi connectivity index (χ4n) is 2.66. The Hall–Kier alpha value is -2.69. The Balaban J connectivity index is 0.00000300. The average Bonchev–Trinajstić information content (AvgIpc) is 3.15. The van der Waals surface area contributed by atoms with E-state index in [9.17, 15) is 4.79 Å². The largest absolute Gasteiger partial charge is 0.492 e. The van der Waals surface area contributed by atoms with Crippen LogP contribution in [-0.4, -0.2) is 38.9 Å². The normalized spacial score (nSPS) is 12.0. The number of fused-ring (bicyclic) bond motifs is 1. The second-order valence-electron chi connectivity index (χ2n) is 6.10. The molecule has 0 bridgehead atoms. The molecule has 0 atom stereocenters. The third kappa shape index (κ3) is 7.00. The van der Waals surface area contributed by atoms with Crippen LogP contribution in [0.3, 0.4) is 0 Å². The van der Waals surface area contributed by atoms with Gasteiger partial charge in [-0.05, 0) is 29.8 Å². The van der Waals surface area contributed by atoms with Crippen LogP contribution in [0, 0.1) is 0 Å². The molecule has 0 spiro atoms. The molecule has 1 amide bonds. The molecule has 3 N–H and O–H groups in total. The highest BCUT2D eigenvalue weighted by molar-refractivity contribution is 14.0. The van der Waals surface area contributed by atoms with E-state index in [1.807, 2.05) is 36.4 Å². The molecular weight excluding hydrogens is 487 g/mol. The zero-order valence-electron chi connectivity index (χ0n) is 16.4. The molecular formula is C20H25IN4O4. The van der Waals surface area contributed by atoms with E-state index < -0.39 is 0 Å². The van der Waals surface area contributed by atoms with Gasteiger partial charge in [-0.3, -0.25) is 9.79 Å². The molecule has 29 heavy (non-hydrogen) atoms. The lowest BCUT2D eigenvalue weighted by Crippen LogP contribution is -2.38. The van der Waals surface area contributed by atoms with Gasteiger partial charge in [-0.15, -0.1) is 24.0 Å². The highest BCUT2D eigenvalue weighted by Crippen LogP contribution is 2.32. The van der Waals surface area contributed by atoms with Crippen LogP contribution < -0.4 is 30.2 Å². The third-order valence-electron chi connectivity index (χ3n) is 3.94. The van der Waals surface area contributed by atoms with Crippen molar-refractivity contribution in [1.82, 2.24) is 10.6 Å². The minimum Gasteiger partial charge on any atom is -0.492 e. The number of carbonyl (C=O) groups excluding carboxylic acids is 1. The smallest absolute Gasteiger partial charge is 0.231 e. The zero-order chi connectivity index (χ0) is 19.8. The monoisotopic (exact) mass is 512 g/mol. The second kappa shape index (κ2) is 11.3. The SMILES string of the molecule is CN=C(NCCOc1cccc(NC(C)=O)c1)NCc1ccc2c(c1)OCO2.I. The fourth-order valence-corrected chi connectivity index (χ4v) is 2.66. The van der Waals surface area contributed by atoms with Gasteiger partial charge in [0.25, 0.3) is 0 Å². The number of carbonyl (C=O) groups is 1. The fraction of sp³-hybridized carbons (Fsp3) is 0.300. The van der Waals surface area contributed by atoms with Crippen molar-refractivity contribution in [2.45, 2.75) is 13.5 Å². The van der Waals surface area contributed by atoms with E-state index in [0.717, 1.165) is 17.1 Å². The molecule has 1 aliphatic rings. The van der Waals surface area contributed by atoms with Crippen molar-refractivity contribution < 1.29 is 19.0 Å². The molecule has 156 valence electrons. The summed E-state index contributed by atoms with van der Waals surface area (Å²) in [6, 6.07) is 13.1. The molecule has 2 aromatic rings. The van der Waals surface area contributed by atoms with E-state index in [1.54, 1.807) is 13.1 Å². The summed E-state index contributed by atoms with van der Waals surface area (Å²) < 4.78 is 16.4. The van der Waals surface area contributed by atoms with Gasteiger partial charge in [0.2, 0.25) is 12.7 Å². The maximum Gasteiger partial charge on any atom is 0.231 e. The van der Waals surface area contributed by atoms with Crippen molar-refractivity contribution in [3.8, 4) is 17.2 Å². The lowest BCUT2D eigenvalue weighted by atomic mass is 10.2. The maximum absolute atomic E-state index is 11.1. The van der Waals surface area contributed by atoms with Crippen LogP contribution in [0.4, 0.5) is 5.69 Å². The summed E-state index contributed by atoms with van der Waals surface area (Å²) in [5.41, 5.74) is 1.78. The quantitative estimate of drug-likeness (QED) is 0.229. The highest BCUT2D eigenvalue weighted by atomic mass is 127. The number of nitrogens with zero attached hydrogens (tertiary/aromatic N) is 1. The van der Waals surface area contributed by atoms with E-state index in [4.69, 9.17) is 14.2 Å². The first-order chi connectivity index (χ1) is 13.6. The number of amides is 1. The first-order valence-corrected chi connectivity index (χ1v) is 8.97. The average molecular weight is 512 g/mol. The molecule has 0 radical (unpaired) electrons. The summed E-state index contributed by atoms with van der Waals surface area (Å²) in [6.07, 6.45) is 0. The van der Waals surface area contributed by atoms with E-state index in [-0.39, 0.29) is 36.7 Å². The van der Waals surface area contributed by atoms with Gasteiger partial charge in [0.1, 0.15) is 12.4 Å². The van der Waals surface area contributed by atoms with Gasteiger partial charge in [-0.25, -0.2) is 0 Å². The number of benzene rings is 2. The van der Waals surface area contributed by atoms with Crippen LogP contribution in [0.25, 0.3) is 0 Å². The van der Waals surface area contributed by atoms with Crippen molar-refractivity contribution in [3.63, 3.8) is 0 Å². The van der Waals surface area contributed by atoms with Gasteiger partial charge < -0.3 is 30.2 Å². The molecule has 0 aliphatic carbocycles. The molecule has 0 unspecified atom stereocenters. The number of rotatable bonds is 7. The summed E-state index contributed by atoms with van der Waals surface area (Å²) in [5.74, 6) is 2.78. The third-order valence-corrected chi connectivity index (χ3v) is 3.94. The standard InChI is InChI=1S/C20H24N4O4.HI/c1-14(25)24-16-4-3-5-17(11-16)26-9-8-22-20(21-2)23-12-15-6-7-18-19(10-15)28-13-27-18;/h3-7,10-11H,8-9,12-13H2,1-2H3,(H,24,25)(H2,21,22,23);1H. The number of anilines is 1. The Morgan fingerprint density at radius 3 is 2.76 bits per heavy atom. The Labute approximate surface area is 187 Å². The molecule has 0 fully saturated rings. The number of hydrogen-bond acceptors (Lipinski definition) is 5. The predicted molar refractivity (Wildman–Crippen MR) is 122 cm³/mol. The Bertz CT molecular complexity index is 860. The molecule has 2 aromatic carbocycles. The number of guanidine groups is 1. The summed E-state index contributed by atoms with van der Waals surface area (Å²) in [6.45, 7) is 3.37. The van der Waals surface area contributed by atoms with E-state index in [1.165, 1.54) is 6.92 Å². The van der Waals surface area contributed by atoms with Gasteiger partial charge in [-0.2, -0.15) is 0 Å². The molecule has 8 nitrogen and oxygen atoms in total. The van der Waals surface area contributed by atoms with Gasteiger partial charge in [0, 0.05) is 32.3 Å². The Morgan fingerprint density at radius 2 is 1.97 bits per heavy atom. The number of halogens is 1. The van der Waals surface area contributed by atoms with Crippen LogP contribution in [-0.2, 0) is 11.3 Å². The maximum atomic E-state index is 11.1. The van der Waals surface area contributed by atoms with Crippen molar-refractivity contribution >= 4 is 41.5 Å². The Kier molecular flexibility index (Phi) is 8.84. The van der Waals surface area contributed by atoms with Crippen molar-refractivity contribution in [3.05, 3.63) is 48.0 Å².